The number of hydrogen-bond donors (Lipinski definition) is 2. The minimum atomic E-state index is -4.52. The molecule has 0 rings (SSSR count). The largest absolute Gasteiger partial charge is 0.397 e. The van der Waals surface area contributed by atoms with Gasteiger partial charge in [-0.3, -0.25) is 9.11 Å². The van der Waals surface area contributed by atoms with E-state index in [4.69, 9.17) is 9.11 Å². The highest BCUT2D eigenvalue weighted by Gasteiger charge is 2.16. The van der Waals surface area contributed by atoms with E-state index in [0.717, 1.165) is 0 Å². The molecule has 0 bridgehead atoms. The summed E-state index contributed by atoms with van der Waals surface area (Å²) in [5.74, 6) is 0. The molecular formula is C7H16O8S2. The minimum absolute atomic E-state index is 0.167. The second kappa shape index (κ2) is 7.24. The third-order valence-corrected chi connectivity index (χ3v) is 2.75. The molecule has 8 nitrogen and oxygen atoms in total. The third-order valence-electron chi connectivity index (χ3n) is 1.77. The Kier molecular flexibility index (Phi) is 7.13. The van der Waals surface area contributed by atoms with Crippen molar-refractivity contribution in [3.63, 3.8) is 0 Å². The van der Waals surface area contributed by atoms with Gasteiger partial charge in [-0.25, -0.2) is 8.37 Å². The SMILES string of the molecule is CCCC(CCCOS(=O)(=O)O)OS(=O)(=O)O. The summed E-state index contributed by atoms with van der Waals surface area (Å²) < 4.78 is 66.5. The zero-order valence-corrected chi connectivity index (χ0v) is 10.9. The second-order valence-corrected chi connectivity index (χ2v) is 5.47. The van der Waals surface area contributed by atoms with Gasteiger partial charge in [-0.1, -0.05) is 13.3 Å². The van der Waals surface area contributed by atoms with Gasteiger partial charge < -0.3 is 0 Å². The van der Waals surface area contributed by atoms with E-state index in [1.807, 2.05) is 0 Å². The Hall–Kier alpha value is -0.260. The molecule has 0 aromatic heterocycles. The van der Waals surface area contributed by atoms with E-state index in [-0.39, 0.29) is 19.4 Å². The van der Waals surface area contributed by atoms with Gasteiger partial charge in [0.25, 0.3) is 0 Å². The van der Waals surface area contributed by atoms with Crippen LogP contribution in [-0.2, 0) is 29.2 Å². The molecule has 0 heterocycles. The first-order chi connectivity index (χ1) is 7.64. The van der Waals surface area contributed by atoms with Crippen LogP contribution in [0.1, 0.15) is 32.6 Å². The van der Waals surface area contributed by atoms with Gasteiger partial charge in [0.05, 0.1) is 12.7 Å². The van der Waals surface area contributed by atoms with Gasteiger partial charge in [0, 0.05) is 0 Å². The summed E-state index contributed by atoms with van der Waals surface area (Å²) in [5, 5.41) is 0. The Morgan fingerprint density at radius 2 is 1.65 bits per heavy atom. The van der Waals surface area contributed by atoms with Crippen LogP contribution < -0.4 is 0 Å². The standard InChI is InChI=1S/C7H16O8S2/c1-2-4-7(15-17(11,12)13)5-3-6-14-16(8,9)10/h7H,2-6H2,1H3,(H,8,9,10)(H,11,12,13). The lowest BCUT2D eigenvalue weighted by molar-refractivity contribution is 0.151. The molecule has 0 fully saturated rings. The van der Waals surface area contributed by atoms with Crippen LogP contribution in [0.5, 0.6) is 0 Å². The molecule has 1 unspecified atom stereocenters. The molecule has 1 atom stereocenters. The van der Waals surface area contributed by atoms with Crippen LogP contribution in [-0.4, -0.2) is 38.7 Å². The fourth-order valence-corrected chi connectivity index (χ4v) is 2.07. The van der Waals surface area contributed by atoms with Gasteiger partial charge in [0.2, 0.25) is 0 Å². The molecule has 0 aromatic rings. The smallest absolute Gasteiger partial charge is 0.264 e. The Morgan fingerprint density at radius 1 is 1.06 bits per heavy atom. The maximum atomic E-state index is 10.5. The molecule has 104 valence electrons. The van der Waals surface area contributed by atoms with Crippen LogP contribution >= 0.6 is 0 Å². The lowest BCUT2D eigenvalue weighted by Gasteiger charge is -2.13. The first kappa shape index (κ1) is 16.7. The van der Waals surface area contributed by atoms with E-state index in [2.05, 4.69) is 8.37 Å². The van der Waals surface area contributed by atoms with Crippen LogP contribution in [0.15, 0.2) is 0 Å². The van der Waals surface area contributed by atoms with Crippen LogP contribution in [0.4, 0.5) is 0 Å². The molecule has 0 amide bonds. The average Bonchev–Trinajstić information content (AvgIpc) is 2.08. The Morgan fingerprint density at radius 3 is 2.06 bits per heavy atom. The van der Waals surface area contributed by atoms with E-state index in [0.29, 0.717) is 12.8 Å². The number of rotatable bonds is 9. The zero-order valence-electron chi connectivity index (χ0n) is 9.27. The van der Waals surface area contributed by atoms with E-state index >= 15 is 0 Å². The summed E-state index contributed by atoms with van der Waals surface area (Å²) in [4.78, 5) is 0. The molecule has 0 saturated carbocycles. The highest BCUT2D eigenvalue weighted by molar-refractivity contribution is 7.81. The molecule has 0 saturated heterocycles. The highest BCUT2D eigenvalue weighted by Crippen LogP contribution is 2.12. The topological polar surface area (TPSA) is 127 Å². The summed E-state index contributed by atoms with van der Waals surface area (Å²) in [5.41, 5.74) is 0. The lowest BCUT2D eigenvalue weighted by atomic mass is 10.1. The summed E-state index contributed by atoms with van der Waals surface area (Å²) >= 11 is 0. The van der Waals surface area contributed by atoms with E-state index in [9.17, 15) is 16.8 Å². The van der Waals surface area contributed by atoms with Crippen molar-refractivity contribution in [1.82, 2.24) is 0 Å². The van der Waals surface area contributed by atoms with Crippen molar-refractivity contribution in [2.75, 3.05) is 6.61 Å². The van der Waals surface area contributed by atoms with Gasteiger partial charge in [0.1, 0.15) is 0 Å². The van der Waals surface area contributed by atoms with Crippen LogP contribution in [0, 0.1) is 0 Å². The van der Waals surface area contributed by atoms with Crippen molar-refractivity contribution < 1.29 is 34.3 Å². The monoisotopic (exact) mass is 292 g/mol. The van der Waals surface area contributed by atoms with E-state index in [1.165, 1.54) is 0 Å². The van der Waals surface area contributed by atoms with Crippen molar-refractivity contribution >= 4 is 20.8 Å². The van der Waals surface area contributed by atoms with Crippen LogP contribution in [0.3, 0.4) is 0 Å². The zero-order chi connectivity index (χ0) is 13.5. The maximum absolute atomic E-state index is 10.5. The maximum Gasteiger partial charge on any atom is 0.397 e. The fourth-order valence-electron chi connectivity index (χ4n) is 1.21. The molecule has 0 aromatic carbocycles. The molecule has 10 heteroatoms. The van der Waals surface area contributed by atoms with Gasteiger partial charge in [-0.05, 0) is 19.3 Å². The van der Waals surface area contributed by atoms with Gasteiger partial charge >= 0.3 is 20.8 Å². The Balaban J connectivity index is 4.02. The number of hydrogen-bond acceptors (Lipinski definition) is 6. The van der Waals surface area contributed by atoms with Gasteiger partial charge in [-0.2, -0.15) is 16.8 Å². The summed E-state index contributed by atoms with van der Waals surface area (Å²) in [6, 6.07) is 0. The first-order valence-electron chi connectivity index (χ1n) is 4.91. The quantitative estimate of drug-likeness (QED) is 0.466. The Labute approximate surface area is 101 Å². The molecule has 0 spiro atoms. The van der Waals surface area contributed by atoms with Gasteiger partial charge in [0.15, 0.2) is 0 Å². The molecule has 0 aliphatic carbocycles. The predicted molar refractivity (Wildman–Crippen MR) is 58.1 cm³/mol. The summed E-state index contributed by atoms with van der Waals surface area (Å²) in [7, 11) is -9.00. The minimum Gasteiger partial charge on any atom is -0.264 e. The normalized spacial score (nSPS) is 14.8. The van der Waals surface area contributed by atoms with Gasteiger partial charge in [-0.15, -0.1) is 0 Å². The van der Waals surface area contributed by atoms with E-state index < -0.39 is 26.9 Å². The van der Waals surface area contributed by atoms with Crippen molar-refractivity contribution in [3.05, 3.63) is 0 Å². The van der Waals surface area contributed by atoms with Crippen molar-refractivity contribution in [1.29, 1.82) is 0 Å². The molecule has 0 aliphatic heterocycles. The molecule has 2 N–H and O–H groups in total. The van der Waals surface area contributed by atoms with Crippen LogP contribution in [0.2, 0.25) is 0 Å². The predicted octanol–water partition coefficient (Wildman–Crippen LogP) is 0.574. The molecule has 0 radical (unpaired) electrons. The van der Waals surface area contributed by atoms with E-state index in [1.54, 1.807) is 6.92 Å². The first-order valence-corrected chi connectivity index (χ1v) is 7.64. The Bertz CT molecular complexity index is 398. The molecular weight excluding hydrogens is 276 g/mol. The van der Waals surface area contributed by atoms with Crippen LogP contribution in [0.25, 0.3) is 0 Å². The summed E-state index contributed by atoms with van der Waals surface area (Å²) in [6.45, 7) is 1.52. The second-order valence-electron chi connectivity index (χ2n) is 3.33. The fraction of sp³-hybridized carbons (Fsp3) is 1.00. The van der Waals surface area contributed by atoms with Crippen molar-refractivity contribution in [2.24, 2.45) is 0 Å². The summed E-state index contributed by atoms with van der Waals surface area (Å²) in [6.07, 6.45) is 0.647. The third kappa shape index (κ3) is 12.0. The van der Waals surface area contributed by atoms with Crippen molar-refractivity contribution in [3.8, 4) is 0 Å². The average molecular weight is 292 g/mol. The lowest BCUT2D eigenvalue weighted by Crippen LogP contribution is -2.18. The van der Waals surface area contributed by atoms with Crippen molar-refractivity contribution in [2.45, 2.75) is 38.7 Å². The highest BCUT2D eigenvalue weighted by atomic mass is 32.3. The molecule has 0 aliphatic rings. The molecule has 17 heavy (non-hydrogen) atoms.